The number of pyridine rings is 1. The molecule has 3 saturated heterocycles. The SMILES string of the molecule is CN(C)C(=O)c1cc2cnc(Nc3ccc(N4CCN(C5CCN(Cc6cc7c(cc6F)C(=O)N(C6CCC(=O)NC6=O)C7=O)CC5)CC4)cn3)nc2n1C1CCCC1. The predicted molar refractivity (Wildman–Crippen MR) is 216 cm³/mol. The first-order valence-corrected chi connectivity index (χ1v) is 20.6. The average Bonchev–Trinajstić information content (AvgIpc) is 3.96. The van der Waals surface area contributed by atoms with E-state index in [0.717, 1.165) is 105 Å². The highest BCUT2D eigenvalue weighted by molar-refractivity contribution is 6.23. The molecule has 0 bridgehead atoms. The topological polar surface area (TPSA) is 169 Å². The highest BCUT2D eigenvalue weighted by atomic mass is 19.1. The van der Waals surface area contributed by atoms with Crippen LogP contribution in [0.1, 0.15) is 94.2 Å². The maximum atomic E-state index is 15.3. The van der Waals surface area contributed by atoms with Gasteiger partial charge in [0.1, 0.15) is 29.0 Å². The lowest BCUT2D eigenvalue weighted by Crippen LogP contribution is -2.54. The lowest BCUT2D eigenvalue weighted by molar-refractivity contribution is -0.136. The van der Waals surface area contributed by atoms with E-state index < -0.39 is 35.5 Å². The molecule has 7 heterocycles. The minimum atomic E-state index is -1.09. The van der Waals surface area contributed by atoms with Gasteiger partial charge < -0.3 is 19.7 Å². The second-order valence-electron chi connectivity index (χ2n) is 16.5. The van der Waals surface area contributed by atoms with Crippen molar-refractivity contribution in [2.45, 2.75) is 76.0 Å². The van der Waals surface area contributed by atoms with Gasteiger partial charge in [0, 0.05) is 82.5 Å². The van der Waals surface area contributed by atoms with E-state index in [4.69, 9.17) is 4.98 Å². The molecule has 1 atom stereocenters. The lowest BCUT2D eigenvalue weighted by Gasteiger charge is -2.43. The van der Waals surface area contributed by atoms with Crippen LogP contribution in [0.5, 0.6) is 0 Å². The Balaban J connectivity index is 0.773. The first-order chi connectivity index (χ1) is 28.5. The molecule has 5 amide bonds. The number of piperidine rings is 2. The number of hydrogen-bond acceptors (Lipinski definition) is 12. The summed E-state index contributed by atoms with van der Waals surface area (Å²) in [5.41, 5.74) is 2.82. The minimum absolute atomic E-state index is 0.0232. The largest absolute Gasteiger partial charge is 0.368 e. The molecule has 1 aliphatic carbocycles. The van der Waals surface area contributed by atoms with Crippen molar-refractivity contribution in [1.82, 2.24) is 44.4 Å². The molecule has 4 aliphatic heterocycles. The van der Waals surface area contributed by atoms with Crippen LogP contribution in [0.3, 0.4) is 0 Å². The molecule has 1 aromatic carbocycles. The molecular weight excluding hydrogens is 758 g/mol. The normalized spacial score (nSPS) is 21.1. The second-order valence-corrected chi connectivity index (χ2v) is 16.5. The van der Waals surface area contributed by atoms with Crippen molar-refractivity contribution < 1.29 is 28.4 Å². The Morgan fingerprint density at radius 1 is 0.864 bits per heavy atom. The summed E-state index contributed by atoms with van der Waals surface area (Å²) < 4.78 is 17.4. The van der Waals surface area contributed by atoms with Gasteiger partial charge in [0.05, 0.1) is 23.0 Å². The Labute approximate surface area is 340 Å². The van der Waals surface area contributed by atoms with Crippen molar-refractivity contribution in [3.8, 4) is 0 Å². The minimum Gasteiger partial charge on any atom is -0.368 e. The fourth-order valence-corrected chi connectivity index (χ4v) is 9.44. The Bertz CT molecular complexity index is 2330. The van der Waals surface area contributed by atoms with E-state index in [1.165, 1.54) is 6.07 Å². The Morgan fingerprint density at radius 3 is 2.27 bits per heavy atom. The van der Waals surface area contributed by atoms with Crippen molar-refractivity contribution in [3.63, 3.8) is 0 Å². The fraction of sp³-hybridized carbons (Fsp3) is 0.476. The molecule has 1 saturated carbocycles. The molecule has 5 aliphatic rings. The van der Waals surface area contributed by atoms with Gasteiger partial charge in [-0.2, -0.15) is 4.98 Å². The number of carbonyl (C=O) groups excluding carboxylic acids is 5. The van der Waals surface area contributed by atoms with E-state index in [0.29, 0.717) is 35.6 Å². The van der Waals surface area contributed by atoms with Crippen LogP contribution >= 0.6 is 0 Å². The van der Waals surface area contributed by atoms with Crippen LogP contribution in [-0.2, 0) is 16.1 Å². The number of aromatic nitrogens is 4. The van der Waals surface area contributed by atoms with Crippen LogP contribution in [0.25, 0.3) is 11.0 Å². The van der Waals surface area contributed by atoms with Gasteiger partial charge in [-0.25, -0.2) is 14.4 Å². The van der Waals surface area contributed by atoms with Crippen LogP contribution in [0, 0.1) is 5.82 Å². The molecule has 4 aromatic rings. The van der Waals surface area contributed by atoms with Crippen molar-refractivity contribution in [2.24, 2.45) is 0 Å². The summed E-state index contributed by atoms with van der Waals surface area (Å²) in [7, 11) is 3.53. The molecule has 2 N–H and O–H groups in total. The highest BCUT2D eigenvalue weighted by Crippen LogP contribution is 2.35. The summed E-state index contributed by atoms with van der Waals surface area (Å²) in [6.07, 6.45) is 9.89. The van der Waals surface area contributed by atoms with Gasteiger partial charge in [-0.05, 0) is 75.5 Å². The smallest absolute Gasteiger partial charge is 0.270 e. The third-order valence-corrected chi connectivity index (χ3v) is 12.6. The van der Waals surface area contributed by atoms with Crippen molar-refractivity contribution in [3.05, 3.63) is 70.9 Å². The lowest BCUT2D eigenvalue weighted by atomic mass is 10.00. The number of halogens is 1. The van der Waals surface area contributed by atoms with Crippen molar-refractivity contribution >= 4 is 58.0 Å². The van der Waals surface area contributed by atoms with E-state index in [2.05, 4.69) is 45.9 Å². The molecule has 1 unspecified atom stereocenters. The number of piperazine rings is 1. The monoisotopic (exact) mass is 805 g/mol. The van der Waals surface area contributed by atoms with E-state index in [9.17, 15) is 24.0 Å². The van der Waals surface area contributed by atoms with E-state index in [-0.39, 0.29) is 35.9 Å². The summed E-state index contributed by atoms with van der Waals surface area (Å²) >= 11 is 0. The number of nitrogens with one attached hydrogen (secondary N) is 2. The Kier molecular flexibility index (Phi) is 10.3. The van der Waals surface area contributed by atoms with E-state index in [1.54, 1.807) is 25.2 Å². The molecule has 0 spiro atoms. The standard InChI is InChI=1S/C42H48FN11O5/c1-49(2)41(59)34-20-25-22-45-42(48-37(25)53(34)28-5-3-4-6-28)46-35-9-7-29(23-44-35)52-17-15-51(16-18-52)27-11-13-50(14-12-27)24-26-19-30-31(21-32(26)43)40(58)54(39(30)57)33-8-10-36(55)47-38(33)56/h7,9,19-23,27-28,33H,3-6,8,10-18,24H2,1-2H3,(H,47,55,56)(H,44,45,46,48). The molecule has 0 radical (unpaired) electrons. The Morgan fingerprint density at radius 2 is 1.59 bits per heavy atom. The van der Waals surface area contributed by atoms with Crippen LogP contribution < -0.4 is 15.5 Å². The molecule has 3 aromatic heterocycles. The van der Waals surface area contributed by atoms with Gasteiger partial charge in [-0.1, -0.05) is 12.8 Å². The maximum absolute atomic E-state index is 15.3. The first-order valence-electron chi connectivity index (χ1n) is 20.6. The van der Waals surface area contributed by atoms with Gasteiger partial charge in [0.2, 0.25) is 17.8 Å². The zero-order valence-electron chi connectivity index (χ0n) is 33.3. The molecule has 59 heavy (non-hydrogen) atoms. The summed E-state index contributed by atoms with van der Waals surface area (Å²) in [6, 6.07) is 8.02. The van der Waals surface area contributed by atoms with Gasteiger partial charge in [-0.15, -0.1) is 0 Å². The molecule has 9 rings (SSSR count). The number of anilines is 3. The summed E-state index contributed by atoms with van der Waals surface area (Å²) in [4.78, 5) is 87.1. The quantitative estimate of drug-likeness (QED) is 0.236. The number of benzene rings is 1. The number of likely N-dealkylation sites (tertiary alicyclic amines) is 1. The number of hydrogen-bond donors (Lipinski definition) is 2. The number of fused-ring (bicyclic) bond motifs is 2. The summed E-state index contributed by atoms with van der Waals surface area (Å²) in [6.45, 7) is 5.41. The number of amides is 5. The van der Waals surface area contributed by atoms with Crippen molar-refractivity contribution in [1.29, 1.82) is 0 Å². The second kappa shape index (κ2) is 15.7. The molecule has 4 fully saturated rings. The average molecular weight is 806 g/mol. The van der Waals surface area contributed by atoms with Crippen LogP contribution in [0.15, 0.2) is 42.7 Å². The van der Waals surface area contributed by atoms with Crippen LogP contribution in [0.4, 0.5) is 21.8 Å². The molecule has 16 nitrogen and oxygen atoms in total. The third-order valence-electron chi connectivity index (χ3n) is 12.6. The molecule has 308 valence electrons. The molecular formula is C42H48FN11O5. The maximum Gasteiger partial charge on any atom is 0.270 e. The fourth-order valence-electron chi connectivity index (χ4n) is 9.44. The van der Waals surface area contributed by atoms with Crippen LogP contribution in [0.2, 0.25) is 0 Å². The number of rotatable bonds is 9. The van der Waals surface area contributed by atoms with Crippen LogP contribution in [-0.4, -0.2) is 134 Å². The van der Waals surface area contributed by atoms with Gasteiger partial charge >= 0.3 is 0 Å². The number of nitrogens with zero attached hydrogens (tertiary/aromatic N) is 9. The summed E-state index contributed by atoms with van der Waals surface area (Å²) in [5, 5.41) is 6.29. The van der Waals surface area contributed by atoms with Gasteiger partial charge in [-0.3, -0.25) is 44.0 Å². The summed E-state index contributed by atoms with van der Waals surface area (Å²) in [5.74, 6) is -2.02. The molecule has 17 heteroatoms. The zero-order chi connectivity index (χ0) is 40.9. The first kappa shape index (κ1) is 38.7. The third kappa shape index (κ3) is 7.41. The van der Waals surface area contributed by atoms with E-state index in [1.807, 2.05) is 18.3 Å². The van der Waals surface area contributed by atoms with E-state index >= 15 is 4.39 Å². The number of imide groups is 2. The zero-order valence-corrected chi connectivity index (χ0v) is 33.3. The van der Waals surface area contributed by atoms with Gasteiger partial charge in [0.25, 0.3) is 17.7 Å². The Hall–Kier alpha value is -5.81. The predicted octanol–water partition coefficient (Wildman–Crippen LogP) is 3.71. The number of carbonyl (C=O) groups is 5. The highest BCUT2D eigenvalue weighted by Gasteiger charge is 2.45. The van der Waals surface area contributed by atoms with Crippen molar-refractivity contribution in [2.75, 3.05) is 63.6 Å². The van der Waals surface area contributed by atoms with Gasteiger partial charge in [0.15, 0.2) is 0 Å².